The van der Waals surface area contributed by atoms with Crippen LogP contribution in [-0.2, 0) is 6.42 Å². The third-order valence-corrected chi connectivity index (χ3v) is 7.40. The van der Waals surface area contributed by atoms with Crippen LogP contribution in [0.1, 0.15) is 66.3 Å². The van der Waals surface area contributed by atoms with Crippen LogP contribution in [0.2, 0.25) is 0 Å². The summed E-state index contributed by atoms with van der Waals surface area (Å²) >= 11 is 0. The van der Waals surface area contributed by atoms with Crippen molar-refractivity contribution < 1.29 is 0 Å². The molecule has 1 fully saturated rings. The molecule has 4 aromatic rings. The Hall–Kier alpha value is -2.64. The van der Waals surface area contributed by atoms with Crippen LogP contribution in [0.5, 0.6) is 0 Å². The number of benzene rings is 4. The van der Waals surface area contributed by atoms with E-state index in [-0.39, 0.29) is 0 Å². The lowest BCUT2D eigenvalue weighted by Crippen LogP contribution is -2.28. The largest absolute Gasteiger partial charge is 0.310 e. The number of nitrogens with one attached hydrogen (secondary N) is 1. The fraction of sp³-hybridized carbons (Fsp3) is 0.310. The average molecular weight is 392 g/mol. The van der Waals surface area contributed by atoms with Crippen LogP contribution < -0.4 is 5.32 Å². The van der Waals surface area contributed by atoms with Gasteiger partial charge in [-0.15, -0.1) is 0 Å². The molecule has 150 valence electrons. The number of piperidine rings is 1. The molecule has 2 aliphatic rings. The molecule has 1 aliphatic heterocycles. The first-order valence-electron chi connectivity index (χ1n) is 11.7. The maximum atomic E-state index is 3.80. The van der Waals surface area contributed by atoms with Crippen LogP contribution in [0.3, 0.4) is 0 Å². The molecule has 4 aromatic carbocycles. The fourth-order valence-electron chi connectivity index (χ4n) is 6.00. The van der Waals surface area contributed by atoms with E-state index in [1.165, 1.54) is 65.6 Å². The monoisotopic (exact) mass is 391 g/mol. The standard InChI is InChI=1S/C29H29N/c1-2-10-22-20(8-1)15-18-27-24(22)17-16-21-9-7-13-26(29(21)27)23-11-3-4-12-25(23)28-14-5-6-19-30-28/h1-4,8,10-12,15-18,26,28,30H,5-7,9,13-14,19H2. The molecule has 1 N–H and O–H groups in total. The molecule has 6 rings (SSSR count). The van der Waals surface area contributed by atoms with Crippen molar-refractivity contribution >= 4 is 21.5 Å². The number of hydrogen-bond acceptors (Lipinski definition) is 1. The van der Waals surface area contributed by atoms with Crippen molar-refractivity contribution in [2.75, 3.05) is 6.54 Å². The molecule has 0 aromatic heterocycles. The normalized spacial score (nSPS) is 21.6. The molecule has 1 saturated heterocycles. The average Bonchev–Trinajstić information content (AvgIpc) is 2.84. The summed E-state index contributed by atoms with van der Waals surface area (Å²) in [5, 5.41) is 9.39. The number of hydrogen-bond donors (Lipinski definition) is 1. The summed E-state index contributed by atoms with van der Waals surface area (Å²) in [5.41, 5.74) is 6.24. The summed E-state index contributed by atoms with van der Waals surface area (Å²) < 4.78 is 0. The summed E-state index contributed by atoms with van der Waals surface area (Å²) in [6.45, 7) is 1.15. The molecule has 1 aliphatic carbocycles. The van der Waals surface area contributed by atoms with Gasteiger partial charge in [-0.1, -0.05) is 79.2 Å². The van der Waals surface area contributed by atoms with Crippen molar-refractivity contribution in [2.45, 2.75) is 50.5 Å². The number of rotatable bonds is 2. The van der Waals surface area contributed by atoms with Gasteiger partial charge in [0.05, 0.1) is 0 Å². The molecule has 1 nitrogen and oxygen atoms in total. The van der Waals surface area contributed by atoms with Crippen molar-refractivity contribution in [3.63, 3.8) is 0 Å². The van der Waals surface area contributed by atoms with Gasteiger partial charge in [0.2, 0.25) is 0 Å². The Balaban J connectivity index is 1.56. The molecule has 1 heterocycles. The second kappa shape index (κ2) is 7.56. The van der Waals surface area contributed by atoms with Crippen LogP contribution in [0.15, 0.2) is 72.8 Å². The van der Waals surface area contributed by atoms with Crippen molar-refractivity contribution in [3.05, 3.63) is 95.1 Å². The Morgan fingerprint density at radius 3 is 2.37 bits per heavy atom. The van der Waals surface area contributed by atoms with Crippen LogP contribution in [0, 0.1) is 0 Å². The van der Waals surface area contributed by atoms with Crippen molar-refractivity contribution in [1.82, 2.24) is 5.32 Å². The minimum atomic E-state index is 0.499. The first-order valence-corrected chi connectivity index (χ1v) is 11.7. The number of aryl methyl sites for hydroxylation is 1. The highest BCUT2D eigenvalue weighted by molar-refractivity contribution is 6.09. The molecule has 0 radical (unpaired) electrons. The molecule has 0 bridgehead atoms. The van der Waals surface area contributed by atoms with Crippen LogP contribution in [0.4, 0.5) is 0 Å². The maximum Gasteiger partial charge on any atom is 0.0323 e. The quantitative estimate of drug-likeness (QED) is 0.354. The predicted octanol–water partition coefficient (Wildman–Crippen LogP) is 7.28. The van der Waals surface area contributed by atoms with Crippen molar-refractivity contribution in [1.29, 1.82) is 0 Å². The summed E-state index contributed by atoms with van der Waals surface area (Å²) in [6, 6.07) is 28.1. The zero-order valence-electron chi connectivity index (χ0n) is 17.5. The third-order valence-electron chi connectivity index (χ3n) is 7.40. The molecule has 2 unspecified atom stereocenters. The first kappa shape index (κ1) is 18.2. The summed E-state index contributed by atoms with van der Waals surface area (Å²) in [7, 11) is 0. The highest BCUT2D eigenvalue weighted by Gasteiger charge is 2.28. The van der Waals surface area contributed by atoms with Crippen LogP contribution in [-0.4, -0.2) is 6.54 Å². The van der Waals surface area contributed by atoms with E-state index in [0.717, 1.165) is 6.54 Å². The molecule has 0 amide bonds. The van der Waals surface area contributed by atoms with Gasteiger partial charge in [-0.3, -0.25) is 0 Å². The van der Waals surface area contributed by atoms with E-state index < -0.39 is 0 Å². The highest BCUT2D eigenvalue weighted by Crippen LogP contribution is 2.44. The van der Waals surface area contributed by atoms with Gasteiger partial charge in [0.25, 0.3) is 0 Å². The Labute approximate surface area is 179 Å². The summed E-state index contributed by atoms with van der Waals surface area (Å²) in [5.74, 6) is 0.499. The second-order valence-corrected chi connectivity index (χ2v) is 9.10. The van der Waals surface area contributed by atoms with Crippen molar-refractivity contribution in [3.8, 4) is 0 Å². The lowest BCUT2D eigenvalue weighted by atomic mass is 9.74. The van der Waals surface area contributed by atoms with E-state index in [9.17, 15) is 0 Å². The van der Waals surface area contributed by atoms with Gasteiger partial charge in [-0.05, 0) is 82.4 Å². The Bertz CT molecular complexity index is 1220. The minimum Gasteiger partial charge on any atom is -0.310 e. The van der Waals surface area contributed by atoms with Crippen LogP contribution in [0.25, 0.3) is 21.5 Å². The zero-order valence-corrected chi connectivity index (χ0v) is 17.5. The summed E-state index contributed by atoms with van der Waals surface area (Å²) in [4.78, 5) is 0. The second-order valence-electron chi connectivity index (χ2n) is 9.10. The molecule has 0 spiro atoms. The summed E-state index contributed by atoms with van der Waals surface area (Å²) in [6.07, 6.45) is 7.64. The molecule has 30 heavy (non-hydrogen) atoms. The Morgan fingerprint density at radius 1 is 0.633 bits per heavy atom. The van der Waals surface area contributed by atoms with E-state index in [2.05, 4.69) is 78.1 Å². The fourth-order valence-corrected chi connectivity index (χ4v) is 6.00. The van der Waals surface area contributed by atoms with E-state index in [0.29, 0.717) is 12.0 Å². The lowest BCUT2D eigenvalue weighted by Gasteiger charge is -2.32. The van der Waals surface area contributed by atoms with Crippen molar-refractivity contribution in [2.24, 2.45) is 0 Å². The van der Waals surface area contributed by atoms with E-state index >= 15 is 0 Å². The van der Waals surface area contributed by atoms with Gasteiger partial charge < -0.3 is 5.32 Å². The van der Waals surface area contributed by atoms with E-state index in [1.54, 1.807) is 16.7 Å². The Morgan fingerprint density at radius 2 is 1.47 bits per heavy atom. The van der Waals surface area contributed by atoms with Gasteiger partial charge in [-0.2, -0.15) is 0 Å². The first-order chi connectivity index (χ1) is 14.9. The SMILES string of the molecule is c1ccc(C2CCCc3ccc4c(ccc5ccccc54)c32)c(C2CCCCN2)c1. The minimum absolute atomic E-state index is 0.499. The van der Waals surface area contributed by atoms with E-state index in [4.69, 9.17) is 0 Å². The Kier molecular flexibility index (Phi) is 4.57. The van der Waals surface area contributed by atoms with Gasteiger partial charge in [0.15, 0.2) is 0 Å². The number of fused-ring (bicyclic) bond motifs is 5. The van der Waals surface area contributed by atoms with Gasteiger partial charge in [0.1, 0.15) is 0 Å². The zero-order chi connectivity index (χ0) is 19.9. The highest BCUT2D eigenvalue weighted by atomic mass is 14.9. The molecular formula is C29H29N. The lowest BCUT2D eigenvalue weighted by molar-refractivity contribution is 0.408. The molecule has 1 heteroatoms. The molecule has 2 atom stereocenters. The third kappa shape index (κ3) is 2.96. The van der Waals surface area contributed by atoms with E-state index in [1.807, 2.05) is 0 Å². The molecular weight excluding hydrogens is 362 g/mol. The van der Waals surface area contributed by atoms with Gasteiger partial charge in [0, 0.05) is 12.0 Å². The topological polar surface area (TPSA) is 12.0 Å². The molecule has 0 saturated carbocycles. The maximum absolute atomic E-state index is 3.80. The predicted molar refractivity (Wildman–Crippen MR) is 127 cm³/mol. The van der Waals surface area contributed by atoms with Gasteiger partial charge in [-0.25, -0.2) is 0 Å². The van der Waals surface area contributed by atoms with Gasteiger partial charge >= 0.3 is 0 Å². The smallest absolute Gasteiger partial charge is 0.0323 e. The van der Waals surface area contributed by atoms with Crippen LogP contribution >= 0.6 is 0 Å².